The first-order valence-electron chi connectivity index (χ1n) is 4.92. The number of hydrogen-bond acceptors (Lipinski definition) is 2. The van der Waals surface area contributed by atoms with Crippen LogP contribution < -0.4 is 11.1 Å². The Morgan fingerprint density at radius 3 is 3.00 bits per heavy atom. The van der Waals surface area contributed by atoms with E-state index in [-0.39, 0.29) is 0 Å². The van der Waals surface area contributed by atoms with Gasteiger partial charge in [-0.05, 0) is 42.1 Å². The van der Waals surface area contributed by atoms with E-state index in [0.29, 0.717) is 0 Å². The van der Waals surface area contributed by atoms with Gasteiger partial charge < -0.3 is 11.1 Å². The Bertz CT molecular complexity index is 318. The first-order valence-corrected chi connectivity index (χ1v) is 4.92. The molecule has 0 fully saturated rings. The van der Waals surface area contributed by atoms with Crippen LogP contribution in [0.5, 0.6) is 0 Å². The lowest BCUT2D eigenvalue weighted by atomic mass is 9.93. The second-order valence-electron chi connectivity index (χ2n) is 3.55. The molecule has 0 amide bonds. The van der Waals surface area contributed by atoms with Crippen molar-refractivity contribution in [1.29, 1.82) is 0 Å². The van der Waals surface area contributed by atoms with E-state index in [1.165, 1.54) is 16.7 Å². The van der Waals surface area contributed by atoms with Crippen molar-refractivity contribution in [2.75, 3.05) is 12.3 Å². The SMILES string of the molecule is CCc1ccc(N)c2c1CCNC2. The van der Waals surface area contributed by atoms with Gasteiger partial charge in [0.15, 0.2) is 0 Å². The zero-order chi connectivity index (χ0) is 9.26. The standard InChI is InChI=1S/C11H16N2/c1-2-8-3-4-11(12)10-7-13-6-5-9(8)10/h3-4,13H,2,5-7,12H2,1H3. The van der Waals surface area contributed by atoms with Gasteiger partial charge in [0.05, 0.1) is 0 Å². The summed E-state index contributed by atoms with van der Waals surface area (Å²) < 4.78 is 0. The molecule has 2 heteroatoms. The summed E-state index contributed by atoms with van der Waals surface area (Å²) in [6.45, 7) is 4.23. The summed E-state index contributed by atoms with van der Waals surface area (Å²) in [4.78, 5) is 0. The fourth-order valence-corrected chi connectivity index (χ4v) is 2.04. The highest BCUT2D eigenvalue weighted by Crippen LogP contribution is 2.24. The highest BCUT2D eigenvalue weighted by Gasteiger charge is 2.13. The Morgan fingerprint density at radius 2 is 2.23 bits per heavy atom. The lowest BCUT2D eigenvalue weighted by Gasteiger charge is -2.21. The van der Waals surface area contributed by atoms with Crippen molar-refractivity contribution >= 4 is 5.69 Å². The summed E-state index contributed by atoms with van der Waals surface area (Å²) in [5.41, 5.74) is 11.1. The number of nitrogen functional groups attached to an aromatic ring is 1. The van der Waals surface area contributed by atoms with E-state index in [9.17, 15) is 0 Å². The minimum Gasteiger partial charge on any atom is -0.398 e. The molecule has 0 spiro atoms. The Kier molecular flexibility index (Phi) is 2.23. The topological polar surface area (TPSA) is 38.0 Å². The molecule has 1 aliphatic rings. The predicted molar refractivity (Wildman–Crippen MR) is 55.6 cm³/mol. The molecule has 0 saturated carbocycles. The van der Waals surface area contributed by atoms with Gasteiger partial charge in [0, 0.05) is 12.2 Å². The van der Waals surface area contributed by atoms with Gasteiger partial charge in [0.2, 0.25) is 0 Å². The van der Waals surface area contributed by atoms with Crippen LogP contribution in [0.1, 0.15) is 23.6 Å². The normalized spacial score (nSPS) is 15.5. The van der Waals surface area contributed by atoms with Gasteiger partial charge in [-0.2, -0.15) is 0 Å². The molecule has 2 rings (SSSR count). The first kappa shape index (κ1) is 8.57. The zero-order valence-electron chi connectivity index (χ0n) is 8.06. The van der Waals surface area contributed by atoms with Crippen LogP contribution in [0.25, 0.3) is 0 Å². The number of fused-ring (bicyclic) bond motifs is 1. The molecular formula is C11H16N2. The molecule has 0 atom stereocenters. The molecule has 0 saturated heterocycles. The second-order valence-corrected chi connectivity index (χ2v) is 3.55. The minimum atomic E-state index is 0.939. The molecule has 2 nitrogen and oxygen atoms in total. The molecule has 1 heterocycles. The maximum Gasteiger partial charge on any atom is 0.0362 e. The molecule has 0 unspecified atom stereocenters. The number of benzene rings is 1. The number of hydrogen-bond donors (Lipinski definition) is 2. The van der Waals surface area contributed by atoms with E-state index in [4.69, 9.17) is 5.73 Å². The quantitative estimate of drug-likeness (QED) is 0.636. The number of rotatable bonds is 1. The largest absolute Gasteiger partial charge is 0.398 e. The van der Waals surface area contributed by atoms with Crippen LogP contribution in [0.4, 0.5) is 5.69 Å². The third-order valence-corrected chi connectivity index (χ3v) is 2.80. The molecule has 0 aromatic heterocycles. The molecule has 1 aromatic carbocycles. The molecule has 70 valence electrons. The number of aryl methyl sites for hydroxylation is 1. The van der Waals surface area contributed by atoms with Crippen molar-refractivity contribution in [3.8, 4) is 0 Å². The lowest BCUT2D eigenvalue weighted by molar-refractivity contribution is 0.641. The van der Waals surface area contributed by atoms with Crippen molar-refractivity contribution in [3.63, 3.8) is 0 Å². The Balaban J connectivity index is 2.52. The molecule has 13 heavy (non-hydrogen) atoms. The zero-order valence-corrected chi connectivity index (χ0v) is 8.06. The molecule has 3 N–H and O–H groups in total. The highest BCUT2D eigenvalue weighted by molar-refractivity contribution is 5.54. The van der Waals surface area contributed by atoms with Gasteiger partial charge >= 0.3 is 0 Å². The van der Waals surface area contributed by atoms with Gasteiger partial charge in [0.1, 0.15) is 0 Å². The first-order chi connectivity index (χ1) is 6.33. The van der Waals surface area contributed by atoms with Crippen LogP contribution >= 0.6 is 0 Å². The van der Waals surface area contributed by atoms with Gasteiger partial charge in [-0.15, -0.1) is 0 Å². The monoisotopic (exact) mass is 176 g/mol. The second kappa shape index (κ2) is 3.38. The number of anilines is 1. The van der Waals surface area contributed by atoms with Crippen molar-refractivity contribution in [2.45, 2.75) is 26.3 Å². The average molecular weight is 176 g/mol. The fourth-order valence-electron chi connectivity index (χ4n) is 2.04. The molecule has 0 bridgehead atoms. The van der Waals surface area contributed by atoms with E-state index < -0.39 is 0 Å². The van der Waals surface area contributed by atoms with Crippen molar-refractivity contribution in [1.82, 2.24) is 5.32 Å². The summed E-state index contributed by atoms with van der Waals surface area (Å²) in [6, 6.07) is 4.20. The van der Waals surface area contributed by atoms with Crippen molar-refractivity contribution in [2.24, 2.45) is 0 Å². The van der Waals surface area contributed by atoms with E-state index in [2.05, 4.69) is 18.3 Å². The Hall–Kier alpha value is -1.02. The third-order valence-electron chi connectivity index (χ3n) is 2.80. The van der Waals surface area contributed by atoms with Crippen LogP contribution in [-0.2, 0) is 19.4 Å². The summed E-state index contributed by atoms with van der Waals surface area (Å²) in [6.07, 6.45) is 2.24. The fraction of sp³-hybridized carbons (Fsp3) is 0.455. The van der Waals surface area contributed by atoms with Gasteiger partial charge in [-0.25, -0.2) is 0 Å². The van der Waals surface area contributed by atoms with Crippen molar-refractivity contribution in [3.05, 3.63) is 28.8 Å². The minimum absolute atomic E-state index is 0.939. The van der Waals surface area contributed by atoms with Crippen LogP contribution in [-0.4, -0.2) is 6.54 Å². The average Bonchev–Trinajstić information content (AvgIpc) is 2.19. The molecule has 1 aliphatic heterocycles. The molecular weight excluding hydrogens is 160 g/mol. The van der Waals surface area contributed by atoms with Gasteiger partial charge in [0.25, 0.3) is 0 Å². The molecule has 0 radical (unpaired) electrons. The van der Waals surface area contributed by atoms with Crippen molar-refractivity contribution < 1.29 is 0 Å². The van der Waals surface area contributed by atoms with Crippen LogP contribution in [0.15, 0.2) is 12.1 Å². The van der Waals surface area contributed by atoms with E-state index in [1.54, 1.807) is 0 Å². The number of nitrogens with two attached hydrogens (primary N) is 1. The summed E-state index contributed by atoms with van der Waals surface area (Å²) in [5, 5.41) is 3.35. The number of nitrogens with one attached hydrogen (secondary N) is 1. The van der Waals surface area contributed by atoms with E-state index in [0.717, 1.165) is 31.6 Å². The Labute approximate surface area is 79.1 Å². The maximum atomic E-state index is 5.92. The summed E-state index contributed by atoms with van der Waals surface area (Å²) in [5.74, 6) is 0. The smallest absolute Gasteiger partial charge is 0.0362 e. The summed E-state index contributed by atoms with van der Waals surface area (Å²) >= 11 is 0. The van der Waals surface area contributed by atoms with Gasteiger partial charge in [-0.3, -0.25) is 0 Å². The van der Waals surface area contributed by atoms with Crippen LogP contribution in [0.3, 0.4) is 0 Å². The predicted octanol–water partition coefficient (Wildman–Crippen LogP) is 1.48. The maximum absolute atomic E-state index is 5.92. The highest BCUT2D eigenvalue weighted by atomic mass is 14.9. The van der Waals surface area contributed by atoms with Crippen LogP contribution in [0, 0.1) is 0 Å². The molecule has 0 aliphatic carbocycles. The molecule has 1 aromatic rings. The Morgan fingerprint density at radius 1 is 1.38 bits per heavy atom. The third kappa shape index (κ3) is 1.42. The van der Waals surface area contributed by atoms with E-state index in [1.807, 2.05) is 6.07 Å². The van der Waals surface area contributed by atoms with Crippen LogP contribution in [0.2, 0.25) is 0 Å². The van der Waals surface area contributed by atoms with E-state index >= 15 is 0 Å². The van der Waals surface area contributed by atoms with Gasteiger partial charge in [-0.1, -0.05) is 13.0 Å². The summed E-state index contributed by atoms with van der Waals surface area (Å²) in [7, 11) is 0. The lowest BCUT2D eigenvalue weighted by Crippen LogP contribution is -2.25.